The van der Waals surface area contributed by atoms with Gasteiger partial charge >= 0.3 is 0 Å². The Bertz CT molecular complexity index is 750. The summed E-state index contributed by atoms with van der Waals surface area (Å²) in [7, 11) is 0. The van der Waals surface area contributed by atoms with Crippen molar-refractivity contribution in [1.29, 1.82) is 0 Å². The van der Waals surface area contributed by atoms with E-state index in [0.717, 1.165) is 10.8 Å². The molecular weight excluding hydrogens is 272 g/mol. The van der Waals surface area contributed by atoms with Crippen molar-refractivity contribution in [1.82, 2.24) is 4.57 Å². The minimum atomic E-state index is -0.807. The van der Waals surface area contributed by atoms with E-state index in [1.54, 1.807) is 37.3 Å². The fourth-order valence-corrected chi connectivity index (χ4v) is 2.08. The summed E-state index contributed by atoms with van der Waals surface area (Å²) in [5.41, 5.74) is 0.0789. The number of nitro groups is 1. The molecule has 21 heavy (non-hydrogen) atoms. The molecule has 0 bridgehead atoms. The quantitative estimate of drug-likeness (QED) is 0.491. The summed E-state index contributed by atoms with van der Waals surface area (Å²) in [5, 5.41) is 10.9. The number of pyridine rings is 1. The maximum atomic E-state index is 12.4. The minimum absolute atomic E-state index is 0.209. The van der Waals surface area contributed by atoms with Crippen LogP contribution in [0.2, 0.25) is 0 Å². The lowest BCUT2D eigenvalue weighted by atomic mass is 10.1. The fraction of sp³-hybridized carbons (Fsp3) is 0.200. The Hall–Kier alpha value is -2.76. The molecule has 1 unspecified atom stereocenters. The van der Waals surface area contributed by atoms with Crippen molar-refractivity contribution in [3.05, 3.63) is 74.2 Å². The van der Waals surface area contributed by atoms with Crippen molar-refractivity contribution >= 4 is 11.5 Å². The number of Topliss-reactive ketones (excluding diaryl/α,β-unsaturated/α-hetero) is 1. The first-order valence-electron chi connectivity index (χ1n) is 6.38. The third kappa shape index (κ3) is 2.89. The fourth-order valence-electron chi connectivity index (χ4n) is 2.08. The predicted octanol–water partition coefficient (Wildman–Crippen LogP) is 2.51. The summed E-state index contributed by atoms with van der Waals surface area (Å²) in [5.74, 6) is -0.266. The van der Waals surface area contributed by atoms with Gasteiger partial charge < -0.3 is 0 Å². The number of aryl methyl sites for hydroxylation is 1. The second-order valence-electron chi connectivity index (χ2n) is 4.76. The van der Waals surface area contributed by atoms with E-state index >= 15 is 0 Å². The summed E-state index contributed by atoms with van der Waals surface area (Å²) in [6.07, 6.45) is 1.11. The number of rotatable bonds is 4. The minimum Gasteiger partial charge on any atom is -0.298 e. The van der Waals surface area contributed by atoms with E-state index in [1.807, 2.05) is 0 Å². The zero-order valence-corrected chi connectivity index (χ0v) is 11.6. The van der Waals surface area contributed by atoms with Crippen LogP contribution in [0.3, 0.4) is 0 Å². The van der Waals surface area contributed by atoms with Gasteiger partial charge in [-0.05, 0) is 13.8 Å². The van der Waals surface area contributed by atoms with E-state index in [1.165, 1.54) is 13.0 Å². The first-order chi connectivity index (χ1) is 9.91. The number of nitrogens with zero attached hydrogens (tertiary/aromatic N) is 2. The average Bonchev–Trinajstić information content (AvgIpc) is 2.49. The second kappa shape index (κ2) is 5.70. The topological polar surface area (TPSA) is 82.2 Å². The maximum Gasteiger partial charge on any atom is 0.286 e. The van der Waals surface area contributed by atoms with E-state index in [4.69, 9.17) is 0 Å². The molecule has 1 aromatic heterocycles. The number of carbonyl (C=O) groups is 1. The standard InChI is InChI=1S/C15H14N2O4/c1-10-8-13(17(20)21)9-16(15(10)19)11(2)14(18)12-6-4-3-5-7-12/h3-9,11H,1-2H3. The van der Waals surface area contributed by atoms with Gasteiger partial charge in [0.15, 0.2) is 5.78 Å². The van der Waals surface area contributed by atoms with E-state index in [0.29, 0.717) is 5.56 Å². The van der Waals surface area contributed by atoms with Crippen molar-refractivity contribution in [2.75, 3.05) is 0 Å². The number of carbonyl (C=O) groups excluding carboxylic acids is 1. The summed E-state index contributed by atoms with van der Waals surface area (Å²) in [4.78, 5) is 34.8. The van der Waals surface area contributed by atoms with Gasteiger partial charge in [0, 0.05) is 17.2 Å². The number of hydrogen-bond donors (Lipinski definition) is 0. The van der Waals surface area contributed by atoms with Crippen molar-refractivity contribution in [2.45, 2.75) is 19.9 Å². The molecule has 0 aliphatic carbocycles. The molecule has 0 spiro atoms. The maximum absolute atomic E-state index is 12.4. The van der Waals surface area contributed by atoms with Crippen LogP contribution in [0, 0.1) is 17.0 Å². The Morgan fingerprint density at radius 1 is 1.29 bits per heavy atom. The Balaban J connectivity index is 2.48. The molecule has 6 heteroatoms. The molecule has 2 rings (SSSR count). The van der Waals surface area contributed by atoms with Crippen molar-refractivity contribution < 1.29 is 9.72 Å². The van der Waals surface area contributed by atoms with E-state index in [-0.39, 0.29) is 17.0 Å². The van der Waals surface area contributed by atoms with Gasteiger partial charge in [-0.3, -0.25) is 24.3 Å². The third-order valence-electron chi connectivity index (χ3n) is 3.27. The van der Waals surface area contributed by atoms with Gasteiger partial charge in [-0.15, -0.1) is 0 Å². The van der Waals surface area contributed by atoms with E-state index in [9.17, 15) is 19.7 Å². The number of aromatic nitrogens is 1. The molecule has 0 N–H and O–H groups in total. The van der Waals surface area contributed by atoms with Crippen LogP contribution in [0.15, 0.2) is 47.4 Å². The molecule has 1 heterocycles. The first kappa shape index (κ1) is 14.6. The van der Waals surface area contributed by atoms with Crippen LogP contribution in [0.4, 0.5) is 5.69 Å². The molecule has 0 fully saturated rings. The molecule has 1 atom stereocenters. The molecule has 1 aromatic carbocycles. The zero-order chi connectivity index (χ0) is 15.6. The lowest BCUT2D eigenvalue weighted by molar-refractivity contribution is -0.385. The third-order valence-corrected chi connectivity index (χ3v) is 3.27. The van der Waals surface area contributed by atoms with Gasteiger partial charge in [0.2, 0.25) is 0 Å². The number of benzene rings is 1. The summed E-state index contributed by atoms with van der Waals surface area (Å²) >= 11 is 0. The van der Waals surface area contributed by atoms with Crippen LogP contribution < -0.4 is 5.56 Å². The normalized spacial score (nSPS) is 11.9. The van der Waals surface area contributed by atoms with Crippen LogP contribution in [0.25, 0.3) is 0 Å². The van der Waals surface area contributed by atoms with Crippen LogP contribution in [-0.2, 0) is 0 Å². The van der Waals surface area contributed by atoms with Gasteiger partial charge in [0.25, 0.3) is 11.2 Å². The molecule has 0 radical (unpaired) electrons. The molecule has 2 aromatic rings. The van der Waals surface area contributed by atoms with Crippen molar-refractivity contribution in [2.24, 2.45) is 0 Å². The SMILES string of the molecule is Cc1cc([N+](=O)[O-])cn(C(C)C(=O)c2ccccc2)c1=O. The van der Waals surface area contributed by atoms with Crippen LogP contribution >= 0.6 is 0 Å². The first-order valence-corrected chi connectivity index (χ1v) is 6.38. The largest absolute Gasteiger partial charge is 0.298 e. The Labute approximate surface area is 120 Å². The van der Waals surface area contributed by atoms with E-state index < -0.39 is 16.5 Å². The number of hydrogen-bond acceptors (Lipinski definition) is 4. The van der Waals surface area contributed by atoms with Gasteiger partial charge in [-0.2, -0.15) is 0 Å². The molecule has 6 nitrogen and oxygen atoms in total. The summed E-state index contributed by atoms with van der Waals surface area (Å²) in [6, 6.07) is 8.92. The van der Waals surface area contributed by atoms with E-state index in [2.05, 4.69) is 0 Å². The smallest absolute Gasteiger partial charge is 0.286 e. The zero-order valence-electron chi connectivity index (χ0n) is 11.6. The highest BCUT2D eigenvalue weighted by atomic mass is 16.6. The Morgan fingerprint density at radius 2 is 1.90 bits per heavy atom. The average molecular weight is 286 g/mol. The molecule has 108 valence electrons. The van der Waals surface area contributed by atoms with Gasteiger partial charge in [0.05, 0.1) is 17.2 Å². The molecule has 0 aliphatic rings. The van der Waals surface area contributed by atoms with Crippen LogP contribution in [0.1, 0.15) is 28.9 Å². The lowest BCUT2D eigenvalue weighted by Gasteiger charge is -2.14. The molecule has 0 saturated carbocycles. The molecule has 0 amide bonds. The van der Waals surface area contributed by atoms with Gasteiger partial charge in [-0.1, -0.05) is 30.3 Å². The van der Waals surface area contributed by atoms with Crippen molar-refractivity contribution in [3.63, 3.8) is 0 Å². The molecular formula is C15H14N2O4. The molecule has 0 saturated heterocycles. The van der Waals surface area contributed by atoms with Crippen LogP contribution in [-0.4, -0.2) is 15.3 Å². The summed E-state index contributed by atoms with van der Waals surface area (Å²) in [6.45, 7) is 3.05. The highest BCUT2D eigenvalue weighted by Gasteiger charge is 2.21. The Kier molecular flexibility index (Phi) is 3.98. The van der Waals surface area contributed by atoms with Gasteiger partial charge in [0.1, 0.15) is 0 Å². The monoisotopic (exact) mass is 286 g/mol. The molecule has 0 aliphatic heterocycles. The van der Waals surface area contributed by atoms with Crippen molar-refractivity contribution in [3.8, 4) is 0 Å². The predicted molar refractivity (Wildman–Crippen MR) is 77.6 cm³/mol. The highest BCUT2D eigenvalue weighted by Crippen LogP contribution is 2.16. The van der Waals surface area contributed by atoms with Crippen LogP contribution in [0.5, 0.6) is 0 Å². The number of ketones is 1. The lowest BCUT2D eigenvalue weighted by Crippen LogP contribution is -2.29. The van der Waals surface area contributed by atoms with Gasteiger partial charge in [-0.25, -0.2) is 0 Å². The highest BCUT2D eigenvalue weighted by molar-refractivity contribution is 5.98. The summed E-state index contributed by atoms with van der Waals surface area (Å²) < 4.78 is 1.11. The second-order valence-corrected chi connectivity index (χ2v) is 4.76. The Morgan fingerprint density at radius 3 is 2.48 bits per heavy atom.